The summed E-state index contributed by atoms with van der Waals surface area (Å²) in [6.45, 7) is 8.92. The molecule has 2 heterocycles. The van der Waals surface area contributed by atoms with E-state index in [-0.39, 0.29) is 12.5 Å². The number of rotatable bonds is 4. The lowest BCUT2D eigenvalue weighted by atomic mass is 9.93. The van der Waals surface area contributed by atoms with E-state index in [0.717, 1.165) is 29.7 Å². The zero-order chi connectivity index (χ0) is 21.9. The van der Waals surface area contributed by atoms with Crippen LogP contribution in [-0.2, 0) is 22.5 Å². The molecule has 3 rings (SSSR count). The van der Waals surface area contributed by atoms with Gasteiger partial charge in [-0.3, -0.25) is 9.69 Å². The van der Waals surface area contributed by atoms with Crippen LogP contribution in [0.2, 0.25) is 0 Å². The molecule has 0 aromatic heterocycles. The second-order valence-corrected chi connectivity index (χ2v) is 8.93. The summed E-state index contributed by atoms with van der Waals surface area (Å²) in [6.07, 6.45) is 2.27. The van der Waals surface area contributed by atoms with Crippen LogP contribution in [0.5, 0.6) is 5.75 Å². The van der Waals surface area contributed by atoms with E-state index in [1.165, 1.54) is 4.90 Å². The van der Waals surface area contributed by atoms with Gasteiger partial charge in [0.1, 0.15) is 23.4 Å². The molecule has 0 aliphatic carbocycles. The number of nitriles is 1. The van der Waals surface area contributed by atoms with Crippen molar-refractivity contribution in [2.75, 3.05) is 13.2 Å². The fraction of sp³-hybridized carbons (Fsp3) is 0.609. The van der Waals surface area contributed by atoms with Crippen LogP contribution in [0.1, 0.15) is 58.1 Å². The van der Waals surface area contributed by atoms with E-state index < -0.39 is 23.8 Å². The summed E-state index contributed by atoms with van der Waals surface area (Å²) < 4.78 is 11.3. The van der Waals surface area contributed by atoms with E-state index in [4.69, 9.17) is 9.47 Å². The average Bonchev–Trinajstić information content (AvgIpc) is 3.18. The van der Waals surface area contributed by atoms with Gasteiger partial charge in [0.25, 0.3) is 0 Å². The van der Waals surface area contributed by atoms with Crippen molar-refractivity contribution in [1.29, 1.82) is 5.26 Å². The molecule has 1 aromatic rings. The number of likely N-dealkylation sites (tertiary alicyclic amines) is 1. The maximum Gasteiger partial charge on any atom is 0.411 e. The van der Waals surface area contributed by atoms with Crippen LogP contribution in [0.3, 0.4) is 0 Å². The molecule has 0 saturated carbocycles. The predicted molar refractivity (Wildman–Crippen MR) is 112 cm³/mol. The van der Waals surface area contributed by atoms with Crippen molar-refractivity contribution in [3.8, 4) is 11.8 Å². The van der Waals surface area contributed by atoms with E-state index in [9.17, 15) is 14.9 Å². The number of fused-ring (bicyclic) bond motifs is 1. The zero-order valence-electron chi connectivity index (χ0n) is 18.3. The number of amides is 2. The molecule has 2 aliphatic heterocycles. The summed E-state index contributed by atoms with van der Waals surface area (Å²) in [5.41, 5.74) is 1.31. The third-order valence-corrected chi connectivity index (χ3v) is 5.38. The molecule has 0 N–H and O–H groups in total. The van der Waals surface area contributed by atoms with Crippen LogP contribution in [0, 0.1) is 11.3 Å². The van der Waals surface area contributed by atoms with Crippen molar-refractivity contribution in [2.24, 2.45) is 0 Å². The van der Waals surface area contributed by atoms with Crippen molar-refractivity contribution in [3.05, 3.63) is 29.3 Å². The lowest BCUT2D eigenvalue weighted by Crippen LogP contribution is -2.55. The second kappa shape index (κ2) is 8.95. The Kier molecular flexibility index (Phi) is 6.55. The highest BCUT2D eigenvalue weighted by Crippen LogP contribution is 2.30. The molecular weight excluding hydrogens is 382 g/mol. The van der Waals surface area contributed by atoms with Crippen molar-refractivity contribution in [2.45, 2.75) is 77.6 Å². The van der Waals surface area contributed by atoms with Crippen molar-refractivity contribution < 1.29 is 19.1 Å². The maximum absolute atomic E-state index is 13.4. The van der Waals surface area contributed by atoms with Gasteiger partial charge in [-0.25, -0.2) is 4.79 Å². The minimum atomic E-state index is -0.677. The van der Waals surface area contributed by atoms with Gasteiger partial charge in [0.2, 0.25) is 5.91 Å². The second-order valence-electron chi connectivity index (χ2n) is 8.93. The largest absolute Gasteiger partial charge is 0.494 e. The number of carbonyl (C=O) groups excluding carboxylic acids is 2. The standard InChI is InChI=1S/C23H31N3O4/c1-5-11-29-19-9-8-16-13-20(21(27)25-10-6-7-18(25)14-24)26(15-17(16)12-19)22(28)30-23(2,3)4/h8-9,12,18,20H,5-7,10-11,13,15H2,1-4H3/t18-,20-/m0/s1. The quantitative estimate of drug-likeness (QED) is 0.752. The van der Waals surface area contributed by atoms with Gasteiger partial charge in [0, 0.05) is 13.0 Å². The SMILES string of the molecule is CCCOc1ccc2c(c1)CN(C(=O)OC(C)(C)C)[C@H](C(=O)N1CCC[C@H]1C#N)C2. The van der Waals surface area contributed by atoms with Gasteiger partial charge in [-0.1, -0.05) is 13.0 Å². The van der Waals surface area contributed by atoms with Gasteiger partial charge >= 0.3 is 6.09 Å². The fourth-order valence-corrected chi connectivity index (χ4v) is 3.96. The number of hydrogen-bond acceptors (Lipinski definition) is 5. The monoisotopic (exact) mass is 413 g/mol. The molecule has 0 bridgehead atoms. The predicted octanol–water partition coefficient (Wildman–Crippen LogP) is 3.65. The van der Waals surface area contributed by atoms with Crippen molar-refractivity contribution in [1.82, 2.24) is 9.80 Å². The zero-order valence-corrected chi connectivity index (χ0v) is 18.3. The first-order valence-electron chi connectivity index (χ1n) is 10.7. The summed E-state index contributed by atoms with van der Waals surface area (Å²) in [5.74, 6) is 0.579. The molecule has 30 heavy (non-hydrogen) atoms. The summed E-state index contributed by atoms with van der Waals surface area (Å²) in [6, 6.07) is 6.93. The summed E-state index contributed by atoms with van der Waals surface area (Å²) in [7, 11) is 0. The highest BCUT2D eigenvalue weighted by Gasteiger charge is 2.41. The Balaban J connectivity index is 1.90. The Morgan fingerprint density at radius 2 is 2.00 bits per heavy atom. The first-order chi connectivity index (χ1) is 14.2. The highest BCUT2D eigenvalue weighted by atomic mass is 16.6. The first-order valence-corrected chi connectivity index (χ1v) is 10.7. The Morgan fingerprint density at radius 1 is 1.23 bits per heavy atom. The van der Waals surface area contributed by atoms with Gasteiger partial charge in [0.05, 0.1) is 19.2 Å². The Morgan fingerprint density at radius 3 is 2.67 bits per heavy atom. The van der Waals surface area contributed by atoms with E-state index in [2.05, 4.69) is 6.07 Å². The fourth-order valence-electron chi connectivity index (χ4n) is 3.96. The molecule has 2 atom stereocenters. The average molecular weight is 414 g/mol. The number of carbonyl (C=O) groups is 2. The van der Waals surface area contributed by atoms with Gasteiger partial charge in [-0.2, -0.15) is 5.26 Å². The molecular formula is C23H31N3O4. The highest BCUT2D eigenvalue weighted by molar-refractivity contribution is 5.87. The van der Waals surface area contributed by atoms with Gasteiger partial charge in [0.15, 0.2) is 0 Å². The van der Waals surface area contributed by atoms with Crippen molar-refractivity contribution in [3.63, 3.8) is 0 Å². The molecule has 1 aromatic carbocycles. The first kappa shape index (κ1) is 21.9. The third kappa shape index (κ3) is 4.86. The molecule has 2 amide bonds. The Labute approximate surface area is 178 Å². The lowest BCUT2D eigenvalue weighted by molar-refractivity contribution is -0.137. The molecule has 0 unspecified atom stereocenters. The molecule has 0 spiro atoms. The minimum absolute atomic E-state index is 0.179. The molecule has 2 aliphatic rings. The lowest BCUT2D eigenvalue weighted by Gasteiger charge is -2.39. The molecule has 162 valence electrons. The summed E-state index contributed by atoms with van der Waals surface area (Å²) in [4.78, 5) is 29.5. The van der Waals surface area contributed by atoms with Crippen LogP contribution < -0.4 is 4.74 Å². The van der Waals surface area contributed by atoms with Crippen LogP contribution in [0.25, 0.3) is 0 Å². The molecule has 0 radical (unpaired) electrons. The van der Waals surface area contributed by atoms with Crippen LogP contribution in [-0.4, -0.2) is 52.6 Å². The smallest absolute Gasteiger partial charge is 0.411 e. The molecule has 7 heteroatoms. The molecule has 1 fully saturated rings. The number of ether oxygens (including phenoxy) is 2. The van der Waals surface area contributed by atoms with E-state index in [0.29, 0.717) is 26.0 Å². The summed E-state index contributed by atoms with van der Waals surface area (Å²) in [5, 5.41) is 9.41. The van der Waals surface area contributed by atoms with Gasteiger partial charge in [-0.05, 0) is 63.3 Å². The number of benzene rings is 1. The van der Waals surface area contributed by atoms with Gasteiger partial charge in [-0.15, -0.1) is 0 Å². The number of hydrogen-bond donors (Lipinski definition) is 0. The van der Waals surface area contributed by atoms with Crippen LogP contribution >= 0.6 is 0 Å². The summed E-state index contributed by atoms with van der Waals surface area (Å²) >= 11 is 0. The molecule has 7 nitrogen and oxygen atoms in total. The third-order valence-electron chi connectivity index (χ3n) is 5.38. The van der Waals surface area contributed by atoms with E-state index in [1.54, 1.807) is 4.90 Å². The topological polar surface area (TPSA) is 82.9 Å². The molecule has 1 saturated heterocycles. The maximum atomic E-state index is 13.4. The van der Waals surface area contributed by atoms with Gasteiger partial charge < -0.3 is 14.4 Å². The van der Waals surface area contributed by atoms with E-state index >= 15 is 0 Å². The van der Waals surface area contributed by atoms with E-state index in [1.807, 2.05) is 45.9 Å². The van der Waals surface area contributed by atoms with Crippen LogP contribution in [0.15, 0.2) is 18.2 Å². The van der Waals surface area contributed by atoms with Crippen LogP contribution in [0.4, 0.5) is 4.79 Å². The van der Waals surface area contributed by atoms with Crippen molar-refractivity contribution >= 4 is 12.0 Å². The normalized spacial score (nSPS) is 21.0. The Hall–Kier alpha value is -2.75. The Bertz CT molecular complexity index is 840. The minimum Gasteiger partial charge on any atom is -0.494 e. The number of nitrogens with zero attached hydrogens (tertiary/aromatic N) is 3.